The lowest BCUT2D eigenvalue weighted by molar-refractivity contribution is -0.385. The monoisotopic (exact) mass is 468 g/mol. The molecule has 180 valence electrons. The quantitative estimate of drug-likeness (QED) is 0.123. The third kappa shape index (κ3) is 5.65. The van der Waals surface area contributed by atoms with Crippen LogP contribution in [0.1, 0.15) is 91.0 Å². The van der Waals surface area contributed by atoms with Crippen LogP contribution in [0, 0.1) is 20.2 Å². The molecule has 1 aliphatic carbocycles. The van der Waals surface area contributed by atoms with Crippen LogP contribution >= 0.6 is 0 Å². The zero-order chi connectivity index (χ0) is 24.7. The number of ketones is 1. The highest BCUT2D eigenvalue weighted by Gasteiger charge is 2.35. The maximum atomic E-state index is 12.9. The number of rotatable bonds is 13. The van der Waals surface area contributed by atoms with Crippen molar-refractivity contribution in [1.29, 1.82) is 0 Å². The fourth-order valence-electron chi connectivity index (χ4n) is 4.21. The molecule has 34 heavy (non-hydrogen) atoms. The van der Waals surface area contributed by atoms with Crippen molar-refractivity contribution < 1.29 is 24.2 Å². The molecule has 0 aliphatic heterocycles. The summed E-state index contributed by atoms with van der Waals surface area (Å²) in [6, 6.07) is 5.95. The lowest BCUT2D eigenvalue weighted by Crippen LogP contribution is -2.10. The van der Waals surface area contributed by atoms with Gasteiger partial charge in [-0.05, 0) is 18.1 Å². The molecule has 0 unspecified atom stereocenters. The van der Waals surface area contributed by atoms with E-state index in [1.54, 1.807) is 0 Å². The van der Waals surface area contributed by atoms with Crippen LogP contribution in [0.3, 0.4) is 0 Å². The Morgan fingerprint density at radius 3 is 2.00 bits per heavy atom. The number of nitrogens with zero attached hydrogens (tertiary/aromatic N) is 2. The van der Waals surface area contributed by atoms with Crippen LogP contribution in [-0.4, -0.2) is 28.2 Å². The molecule has 0 amide bonds. The molecule has 0 N–H and O–H groups in total. The Kier molecular flexibility index (Phi) is 8.45. The van der Waals surface area contributed by atoms with Gasteiger partial charge in [-0.1, -0.05) is 58.3 Å². The van der Waals surface area contributed by atoms with E-state index in [9.17, 15) is 29.8 Å². The van der Waals surface area contributed by atoms with Crippen LogP contribution in [-0.2, 0) is 4.74 Å². The van der Waals surface area contributed by atoms with Crippen molar-refractivity contribution >= 4 is 23.1 Å². The molecular formula is C25H28N2O7. The number of nitro benzene ring substituents is 2. The number of non-ortho nitro benzene ring substituents is 2. The summed E-state index contributed by atoms with van der Waals surface area (Å²) in [6.07, 6.45) is 9.98. The van der Waals surface area contributed by atoms with Crippen LogP contribution < -0.4 is 0 Å². The molecule has 0 saturated carbocycles. The van der Waals surface area contributed by atoms with E-state index in [0.717, 1.165) is 37.5 Å². The van der Waals surface area contributed by atoms with E-state index in [2.05, 4.69) is 6.92 Å². The van der Waals surface area contributed by atoms with Crippen LogP contribution in [0.15, 0.2) is 30.3 Å². The summed E-state index contributed by atoms with van der Waals surface area (Å²) in [5.41, 5.74) is -0.208. The molecule has 0 saturated heterocycles. The van der Waals surface area contributed by atoms with Crippen molar-refractivity contribution in [3.8, 4) is 11.1 Å². The maximum absolute atomic E-state index is 12.9. The van der Waals surface area contributed by atoms with Gasteiger partial charge in [0.1, 0.15) is 0 Å². The van der Waals surface area contributed by atoms with Gasteiger partial charge in [0.15, 0.2) is 5.78 Å². The minimum Gasteiger partial charge on any atom is -0.462 e. The molecule has 0 atom stereocenters. The third-order valence-electron chi connectivity index (χ3n) is 6.01. The first-order chi connectivity index (χ1) is 16.3. The Balaban J connectivity index is 1.70. The molecule has 3 rings (SSSR count). The number of esters is 1. The van der Waals surface area contributed by atoms with Gasteiger partial charge in [0.05, 0.1) is 22.0 Å². The number of hydrogen-bond acceptors (Lipinski definition) is 7. The molecule has 9 heteroatoms. The molecular weight excluding hydrogens is 440 g/mol. The van der Waals surface area contributed by atoms with Crippen LogP contribution in [0.25, 0.3) is 11.1 Å². The summed E-state index contributed by atoms with van der Waals surface area (Å²) < 4.78 is 5.38. The average Bonchev–Trinajstić information content (AvgIpc) is 3.11. The van der Waals surface area contributed by atoms with Gasteiger partial charge in [0.25, 0.3) is 11.4 Å². The second-order valence-electron chi connectivity index (χ2n) is 8.45. The molecule has 0 radical (unpaired) electrons. The summed E-state index contributed by atoms with van der Waals surface area (Å²) in [7, 11) is 0. The summed E-state index contributed by atoms with van der Waals surface area (Å²) in [4.78, 5) is 46.9. The van der Waals surface area contributed by atoms with Crippen molar-refractivity contribution in [3.63, 3.8) is 0 Å². The SMILES string of the molecule is CCCCCCCCCCCOC(=O)c1cc([N+](=O)[O-])cc2c1-c1ccc([N+](=O)[O-])cc1C2=O. The van der Waals surface area contributed by atoms with Gasteiger partial charge in [-0.3, -0.25) is 25.0 Å². The fraction of sp³-hybridized carbons (Fsp3) is 0.440. The van der Waals surface area contributed by atoms with Crippen LogP contribution in [0.5, 0.6) is 0 Å². The highest BCUT2D eigenvalue weighted by atomic mass is 16.6. The third-order valence-corrected chi connectivity index (χ3v) is 6.01. The fourth-order valence-corrected chi connectivity index (χ4v) is 4.21. The largest absolute Gasteiger partial charge is 0.462 e. The van der Waals surface area contributed by atoms with Crippen molar-refractivity contribution in [2.24, 2.45) is 0 Å². The first-order valence-corrected chi connectivity index (χ1v) is 11.7. The normalized spacial score (nSPS) is 11.7. The number of ether oxygens (including phenoxy) is 1. The summed E-state index contributed by atoms with van der Waals surface area (Å²) >= 11 is 0. The zero-order valence-electron chi connectivity index (χ0n) is 19.2. The molecule has 0 heterocycles. The number of nitro groups is 2. The van der Waals surface area contributed by atoms with E-state index in [0.29, 0.717) is 12.0 Å². The number of benzene rings is 2. The Morgan fingerprint density at radius 1 is 0.794 bits per heavy atom. The highest BCUT2D eigenvalue weighted by Crippen LogP contribution is 2.42. The van der Waals surface area contributed by atoms with E-state index in [1.807, 2.05) is 0 Å². The van der Waals surface area contributed by atoms with Crippen molar-refractivity contribution in [1.82, 2.24) is 0 Å². The molecule has 9 nitrogen and oxygen atoms in total. The first kappa shape index (κ1) is 25.0. The Morgan fingerprint density at radius 2 is 1.38 bits per heavy atom. The van der Waals surface area contributed by atoms with E-state index in [1.165, 1.54) is 44.2 Å². The lowest BCUT2D eigenvalue weighted by atomic mass is 9.98. The minimum atomic E-state index is -0.751. The molecule has 0 aromatic heterocycles. The van der Waals surface area contributed by atoms with Crippen molar-refractivity contribution in [2.75, 3.05) is 6.61 Å². The molecule has 1 aliphatic rings. The molecule has 0 bridgehead atoms. The zero-order valence-corrected chi connectivity index (χ0v) is 19.2. The van der Waals surface area contributed by atoms with Crippen LogP contribution in [0.2, 0.25) is 0 Å². The number of carbonyl (C=O) groups is 2. The summed E-state index contributed by atoms with van der Waals surface area (Å²) in [6.45, 7) is 2.36. The van der Waals surface area contributed by atoms with E-state index < -0.39 is 27.3 Å². The van der Waals surface area contributed by atoms with Crippen LogP contribution in [0.4, 0.5) is 11.4 Å². The van der Waals surface area contributed by atoms with Gasteiger partial charge >= 0.3 is 5.97 Å². The molecule has 2 aromatic rings. The Hall–Kier alpha value is -3.62. The topological polar surface area (TPSA) is 130 Å². The molecule has 0 spiro atoms. The summed E-state index contributed by atoms with van der Waals surface area (Å²) in [5.74, 6) is -1.34. The standard InChI is InChI=1S/C25H28N2O7/c1-2-3-4-5-6-7-8-9-10-13-34-25(29)22-16-18(27(32)33)15-21-23(22)19-12-11-17(26(30)31)14-20(19)24(21)28/h11-12,14-16H,2-10,13H2,1H3. The van der Waals surface area contributed by atoms with Gasteiger partial charge < -0.3 is 4.74 Å². The van der Waals surface area contributed by atoms with Crippen molar-refractivity contribution in [2.45, 2.75) is 64.7 Å². The number of carbonyl (C=O) groups excluding carboxylic acids is 2. The molecule has 0 fully saturated rings. The lowest BCUT2D eigenvalue weighted by Gasteiger charge is -2.10. The minimum absolute atomic E-state index is 0.0280. The maximum Gasteiger partial charge on any atom is 0.339 e. The van der Waals surface area contributed by atoms with Gasteiger partial charge in [0.2, 0.25) is 0 Å². The first-order valence-electron chi connectivity index (χ1n) is 11.7. The van der Waals surface area contributed by atoms with E-state index >= 15 is 0 Å². The number of unbranched alkanes of at least 4 members (excludes halogenated alkanes) is 8. The van der Waals surface area contributed by atoms with Gasteiger partial charge in [-0.15, -0.1) is 0 Å². The number of hydrogen-bond donors (Lipinski definition) is 0. The smallest absolute Gasteiger partial charge is 0.339 e. The molecule has 2 aromatic carbocycles. The second-order valence-corrected chi connectivity index (χ2v) is 8.45. The van der Waals surface area contributed by atoms with Gasteiger partial charge in [0, 0.05) is 41.0 Å². The van der Waals surface area contributed by atoms with Gasteiger partial charge in [-0.25, -0.2) is 4.79 Å². The summed E-state index contributed by atoms with van der Waals surface area (Å²) in [5, 5.41) is 22.5. The Labute approximate surface area is 197 Å². The highest BCUT2D eigenvalue weighted by molar-refractivity contribution is 6.24. The Bertz CT molecular complexity index is 1110. The van der Waals surface area contributed by atoms with Crippen molar-refractivity contribution in [3.05, 3.63) is 67.3 Å². The predicted octanol–water partition coefficient (Wildman–Crippen LogP) is 6.40. The average molecular weight is 469 g/mol. The van der Waals surface area contributed by atoms with E-state index in [-0.39, 0.29) is 34.5 Å². The predicted molar refractivity (Wildman–Crippen MR) is 126 cm³/mol. The van der Waals surface area contributed by atoms with E-state index in [4.69, 9.17) is 4.74 Å². The second kappa shape index (κ2) is 11.5. The number of fused-ring (bicyclic) bond motifs is 3. The van der Waals surface area contributed by atoms with Gasteiger partial charge in [-0.2, -0.15) is 0 Å².